The Kier molecular flexibility index (Phi) is 4.49. The number of carbonyl (C=O) groups is 1. The number of amides is 1. The predicted molar refractivity (Wildman–Crippen MR) is 97.2 cm³/mol. The summed E-state index contributed by atoms with van der Waals surface area (Å²) in [5.74, 6) is -0.243. The molecular weight excluding hydrogens is 409 g/mol. The van der Waals surface area contributed by atoms with Gasteiger partial charge in [-0.25, -0.2) is 9.97 Å². The molecule has 4 nitrogen and oxygen atoms in total. The summed E-state index contributed by atoms with van der Waals surface area (Å²) in [7, 11) is 0. The standard InChI is InChI=1S/C16H12IN3OS/c1-10-3-2-4-13(18-10)15(21)20-16-19-14(9-22-16)11-5-7-12(17)8-6-11/h2-9H,1H3,(H,19,20,21). The van der Waals surface area contributed by atoms with Gasteiger partial charge in [0, 0.05) is 20.2 Å². The lowest BCUT2D eigenvalue weighted by Gasteiger charge is -2.01. The molecule has 1 aromatic carbocycles. The third-order valence-electron chi connectivity index (χ3n) is 2.99. The van der Waals surface area contributed by atoms with Gasteiger partial charge in [-0.15, -0.1) is 11.3 Å². The Morgan fingerprint density at radius 2 is 1.91 bits per heavy atom. The average Bonchev–Trinajstić information content (AvgIpc) is 2.96. The van der Waals surface area contributed by atoms with Gasteiger partial charge in [-0.1, -0.05) is 18.2 Å². The van der Waals surface area contributed by atoms with Crippen LogP contribution in [0.25, 0.3) is 11.3 Å². The molecule has 2 heterocycles. The molecule has 0 aliphatic carbocycles. The fourth-order valence-electron chi connectivity index (χ4n) is 1.92. The molecule has 3 rings (SSSR count). The zero-order chi connectivity index (χ0) is 15.5. The fourth-order valence-corrected chi connectivity index (χ4v) is 2.99. The molecule has 0 aliphatic heterocycles. The molecule has 22 heavy (non-hydrogen) atoms. The summed E-state index contributed by atoms with van der Waals surface area (Å²) < 4.78 is 1.18. The van der Waals surface area contributed by atoms with E-state index in [9.17, 15) is 4.79 Å². The first-order valence-corrected chi connectivity index (χ1v) is 8.54. The first-order chi connectivity index (χ1) is 10.6. The second kappa shape index (κ2) is 6.53. The van der Waals surface area contributed by atoms with Crippen LogP contribution in [0, 0.1) is 10.5 Å². The van der Waals surface area contributed by atoms with Crippen LogP contribution in [-0.4, -0.2) is 15.9 Å². The van der Waals surface area contributed by atoms with Gasteiger partial charge in [-0.05, 0) is 53.8 Å². The third kappa shape index (κ3) is 3.50. The van der Waals surface area contributed by atoms with Gasteiger partial charge >= 0.3 is 0 Å². The highest BCUT2D eigenvalue weighted by molar-refractivity contribution is 14.1. The van der Waals surface area contributed by atoms with E-state index in [4.69, 9.17) is 0 Å². The van der Waals surface area contributed by atoms with Crippen molar-refractivity contribution in [2.24, 2.45) is 0 Å². The SMILES string of the molecule is Cc1cccc(C(=O)Nc2nc(-c3ccc(I)cc3)cs2)n1. The van der Waals surface area contributed by atoms with Gasteiger partial charge in [0.2, 0.25) is 0 Å². The van der Waals surface area contributed by atoms with E-state index in [0.717, 1.165) is 17.0 Å². The van der Waals surface area contributed by atoms with Crippen molar-refractivity contribution in [3.8, 4) is 11.3 Å². The Labute approximate surface area is 145 Å². The minimum atomic E-state index is -0.243. The van der Waals surface area contributed by atoms with Crippen molar-refractivity contribution >= 4 is 45.0 Å². The fraction of sp³-hybridized carbons (Fsp3) is 0.0625. The molecule has 0 fully saturated rings. The third-order valence-corrected chi connectivity index (χ3v) is 4.46. The molecule has 0 unspecified atom stereocenters. The number of benzene rings is 1. The van der Waals surface area contributed by atoms with Gasteiger partial charge < -0.3 is 0 Å². The van der Waals surface area contributed by atoms with Crippen molar-refractivity contribution in [2.75, 3.05) is 5.32 Å². The molecule has 0 saturated carbocycles. The Bertz CT molecular complexity index is 814. The van der Waals surface area contributed by atoms with Crippen molar-refractivity contribution in [2.45, 2.75) is 6.92 Å². The number of nitrogens with one attached hydrogen (secondary N) is 1. The molecule has 6 heteroatoms. The van der Waals surface area contributed by atoms with E-state index in [1.165, 1.54) is 14.9 Å². The number of hydrogen-bond donors (Lipinski definition) is 1. The summed E-state index contributed by atoms with van der Waals surface area (Å²) in [4.78, 5) is 20.8. The van der Waals surface area contributed by atoms with Gasteiger partial charge in [0.25, 0.3) is 5.91 Å². The Balaban J connectivity index is 1.77. The van der Waals surface area contributed by atoms with Crippen LogP contribution < -0.4 is 5.32 Å². The lowest BCUT2D eigenvalue weighted by Crippen LogP contribution is -2.13. The van der Waals surface area contributed by atoms with Crippen molar-refractivity contribution < 1.29 is 4.79 Å². The van der Waals surface area contributed by atoms with E-state index in [2.05, 4.69) is 37.9 Å². The summed E-state index contributed by atoms with van der Waals surface area (Å²) >= 11 is 3.67. The molecule has 1 N–H and O–H groups in total. The minimum Gasteiger partial charge on any atom is -0.296 e. The molecule has 110 valence electrons. The van der Waals surface area contributed by atoms with Gasteiger partial charge in [0.15, 0.2) is 5.13 Å². The number of rotatable bonds is 3. The minimum absolute atomic E-state index is 0.243. The zero-order valence-electron chi connectivity index (χ0n) is 11.7. The predicted octanol–water partition coefficient (Wildman–Crippen LogP) is 4.37. The van der Waals surface area contributed by atoms with E-state index < -0.39 is 0 Å². The number of aromatic nitrogens is 2. The Morgan fingerprint density at radius 3 is 2.64 bits per heavy atom. The summed E-state index contributed by atoms with van der Waals surface area (Å²) in [6, 6.07) is 13.5. The van der Waals surface area contributed by atoms with E-state index in [0.29, 0.717) is 10.8 Å². The second-order valence-electron chi connectivity index (χ2n) is 4.66. The molecular formula is C16H12IN3OS. The van der Waals surface area contributed by atoms with E-state index in [-0.39, 0.29) is 5.91 Å². The highest BCUT2D eigenvalue weighted by Crippen LogP contribution is 2.25. The molecule has 0 bridgehead atoms. The van der Waals surface area contributed by atoms with E-state index in [1.54, 1.807) is 6.07 Å². The summed E-state index contributed by atoms with van der Waals surface area (Å²) in [5.41, 5.74) is 3.09. The topological polar surface area (TPSA) is 54.9 Å². The van der Waals surface area contributed by atoms with Gasteiger partial charge in [-0.3, -0.25) is 10.1 Å². The van der Waals surface area contributed by atoms with E-state index in [1.807, 2.05) is 48.7 Å². The quantitative estimate of drug-likeness (QED) is 0.640. The number of aryl methyl sites for hydroxylation is 1. The molecule has 2 aromatic heterocycles. The van der Waals surface area contributed by atoms with Crippen LogP contribution in [0.4, 0.5) is 5.13 Å². The smallest absolute Gasteiger partial charge is 0.276 e. The van der Waals surface area contributed by atoms with Crippen LogP contribution in [0.1, 0.15) is 16.2 Å². The number of pyridine rings is 1. The number of halogens is 1. The lowest BCUT2D eigenvalue weighted by molar-refractivity contribution is 0.102. The molecule has 0 aliphatic rings. The zero-order valence-corrected chi connectivity index (χ0v) is 14.7. The van der Waals surface area contributed by atoms with Crippen molar-refractivity contribution in [1.29, 1.82) is 0 Å². The monoisotopic (exact) mass is 421 g/mol. The number of carbonyl (C=O) groups excluding carboxylic acids is 1. The molecule has 0 spiro atoms. The number of nitrogens with zero attached hydrogens (tertiary/aromatic N) is 2. The Hall–Kier alpha value is -1.80. The average molecular weight is 421 g/mol. The van der Waals surface area contributed by atoms with Crippen LogP contribution in [-0.2, 0) is 0 Å². The van der Waals surface area contributed by atoms with Crippen molar-refractivity contribution in [3.63, 3.8) is 0 Å². The maximum absolute atomic E-state index is 12.1. The molecule has 0 atom stereocenters. The number of hydrogen-bond acceptors (Lipinski definition) is 4. The first kappa shape index (κ1) is 15.1. The molecule has 1 amide bonds. The number of thiazole rings is 1. The first-order valence-electron chi connectivity index (χ1n) is 6.58. The maximum atomic E-state index is 12.1. The molecule has 0 saturated heterocycles. The normalized spacial score (nSPS) is 10.5. The summed E-state index contributed by atoms with van der Waals surface area (Å²) in [5, 5.41) is 5.29. The Morgan fingerprint density at radius 1 is 1.14 bits per heavy atom. The largest absolute Gasteiger partial charge is 0.296 e. The van der Waals surface area contributed by atoms with Crippen molar-refractivity contribution in [3.05, 3.63) is 62.8 Å². The summed E-state index contributed by atoms with van der Waals surface area (Å²) in [6.45, 7) is 1.86. The maximum Gasteiger partial charge on any atom is 0.276 e. The van der Waals surface area contributed by atoms with Crippen LogP contribution in [0.5, 0.6) is 0 Å². The lowest BCUT2D eigenvalue weighted by atomic mass is 10.2. The number of anilines is 1. The van der Waals surface area contributed by atoms with Crippen LogP contribution >= 0.6 is 33.9 Å². The van der Waals surface area contributed by atoms with Crippen molar-refractivity contribution in [1.82, 2.24) is 9.97 Å². The van der Waals surface area contributed by atoms with Gasteiger partial charge in [0.05, 0.1) is 5.69 Å². The second-order valence-corrected chi connectivity index (χ2v) is 6.77. The van der Waals surface area contributed by atoms with E-state index >= 15 is 0 Å². The van der Waals surface area contributed by atoms with Crippen LogP contribution in [0.15, 0.2) is 47.8 Å². The van der Waals surface area contributed by atoms with Gasteiger partial charge in [-0.2, -0.15) is 0 Å². The molecule has 3 aromatic rings. The van der Waals surface area contributed by atoms with Crippen LogP contribution in [0.3, 0.4) is 0 Å². The van der Waals surface area contributed by atoms with Crippen LogP contribution in [0.2, 0.25) is 0 Å². The highest BCUT2D eigenvalue weighted by Gasteiger charge is 2.11. The van der Waals surface area contributed by atoms with Gasteiger partial charge in [0.1, 0.15) is 5.69 Å². The highest BCUT2D eigenvalue weighted by atomic mass is 127. The molecule has 0 radical (unpaired) electrons. The summed E-state index contributed by atoms with van der Waals surface area (Å²) in [6.07, 6.45) is 0.